The number of hydrogen-bond donors (Lipinski definition) is 2. The normalized spacial score (nSPS) is 11.9. The van der Waals surface area contributed by atoms with Gasteiger partial charge in [-0.25, -0.2) is 0 Å². The highest BCUT2D eigenvalue weighted by molar-refractivity contribution is 9.10. The van der Waals surface area contributed by atoms with E-state index in [1.54, 1.807) is 0 Å². The highest BCUT2D eigenvalue weighted by Crippen LogP contribution is 2.25. The number of benzene rings is 2. The molecule has 0 aliphatic heterocycles. The lowest BCUT2D eigenvalue weighted by Gasteiger charge is -2.18. The molecular weight excluding hydrogens is 380 g/mol. The van der Waals surface area contributed by atoms with Gasteiger partial charge in [0.25, 0.3) is 0 Å². The van der Waals surface area contributed by atoms with Gasteiger partial charge in [-0.05, 0) is 83.8 Å². The van der Waals surface area contributed by atoms with Crippen molar-refractivity contribution in [1.29, 1.82) is 0 Å². The fourth-order valence-electron chi connectivity index (χ4n) is 2.05. The number of thiocarbonyl (C=S) groups is 1. The second-order valence-corrected chi connectivity index (χ2v) is 6.96. The van der Waals surface area contributed by atoms with Crippen LogP contribution >= 0.6 is 39.7 Å². The molecule has 2 aromatic rings. The molecule has 5 heteroatoms. The van der Waals surface area contributed by atoms with E-state index in [0.29, 0.717) is 10.1 Å². The molecule has 0 fully saturated rings. The summed E-state index contributed by atoms with van der Waals surface area (Å²) in [4.78, 5) is 0. The van der Waals surface area contributed by atoms with Gasteiger partial charge < -0.3 is 10.6 Å². The van der Waals surface area contributed by atoms with Gasteiger partial charge in [0.2, 0.25) is 0 Å². The molecule has 0 saturated carbocycles. The largest absolute Gasteiger partial charge is 0.356 e. The summed E-state index contributed by atoms with van der Waals surface area (Å²) >= 11 is 14.8. The van der Waals surface area contributed by atoms with Gasteiger partial charge in [-0.2, -0.15) is 0 Å². The minimum absolute atomic E-state index is 0.130. The summed E-state index contributed by atoms with van der Waals surface area (Å²) < 4.78 is 0.863. The molecule has 2 aromatic carbocycles. The Balaban J connectivity index is 2.01. The van der Waals surface area contributed by atoms with Gasteiger partial charge in [-0.3, -0.25) is 0 Å². The van der Waals surface area contributed by atoms with Crippen LogP contribution in [-0.2, 0) is 0 Å². The van der Waals surface area contributed by atoms with Crippen molar-refractivity contribution >= 4 is 50.5 Å². The monoisotopic (exact) mass is 396 g/mol. The average molecular weight is 398 g/mol. The van der Waals surface area contributed by atoms with Gasteiger partial charge in [0.1, 0.15) is 0 Å². The van der Waals surface area contributed by atoms with E-state index < -0.39 is 0 Å². The number of aryl methyl sites for hydroxylation is 2. The third-order valence-electron chi connectivity index (χ3n) is 3.56. The lowest BCUT2D eigenvalue weighted by molar-refractivity contribution is 0.721. The maximum Gasteiger partial charge on any atom is 0.171 e. The maximum absolute atomic E-state index is 6.08. The molecule has 0 bridgehead atoms. The molecule has 0 heterocycles. The second kappa shape index (κ2) is 7.44. The molecule has 0 radical (unpaired) electrons. The lowest BCUT2D eigenvalue weighted by Crippen LogP contribution is -2.30. The summed E-state index contributed by atoms with van der Waals surface area (Å²) in [5.74, 6) is 0. The Morgan fingerprint density at radius 1 is 1.14 bits per heavy atom. The van der Waals surface area contributed by atoms with E-state index in [0.717, 1.165) is 10.2 Å². The second-order valence-electron chi connectivity index (χ2n) is 5.29. The first-order valence-corrected chi connectivity index (χ1v) is 8.54. The number of nitrogens with one attached hydrogen (secondary N) is 2. The van der Waals surface area contributed by atoms with Crippen molar-refractivity contribution in [1.82, 2.24) is 5.32 Å². The summed E-state index contributed by atoms with van der Waals surface area (Å²) in [6.07, 6.45) is 0. The standard InChI is InChI=1S/C17H18BrClN2S/c1-10-4-5-13(8-11(10)2)12(3)20-17(22)21-14-6-7-15(18)16(19)9-14/h4-9,12H,1-3H3,(H2,20,21,22). The number of anilines is 1. The van der Waals surface area contributed by atoms with E-state index in [-0.39, 0.29) is 6.04 Å². The van der Waals surface area contributed by atoms with E-state index in [2.05, 4.69) is 65.5 Å². The van der Waals surface area contributed by atoms with Gasteiger partial charge in [-0.1, -0.05) is 29.8 Å². The number of hydrogen-bond acceptors (Lipinski definition) is 1. The van der Waals surface area contributed by atoms with Crippen molar-refractivity contribution in [3.8, 4) is 0 Å². The Morgan fingerprint density at radius 2 is 1.86 bits per heavy atom. The van der Waals surface area contributed by atoms with Crippen molar-refractivity contribution in [2.45, 2.75) is 26.8 Å². The molecular formula is C17H18BrClN2S. The summed E-state index contributed by atoms with van der Waals surface area (Å²) in [5, 5.41) is 7.66. The summed E-state index contributed by atoms with van der Waals surface area (Å²) in [6, 6.07) is 12.2. The van der Waals surface area contributed by atoms with Gasteiger partial charge in [0.05, 0.1) is 11.1 Å². The minimum Gasteiger partial charge on any atom is -0.356 e. The van der Waals surface area contributed by atoms with Crippen LogP contribution in [0.4, 0.5) is 5.69 Å². The molecule has 0 amide bonds. The molecule has 22 heavy (non-hydrogen) atoms. The summed E-state index contributed by atoms with van der Waals surface area (Å²) in [5.41, 5.74) is 4.64. The van der Waals surface area contributed by atoms with E-state index >= 15 is 0 Å². The highest BCUT2D eigenvalue weighted by Gasteiger charge is 2.08. The Bertz CT molecular complexity index is 703. The predicted molar refractivity (Wildman–Crippen MR) is 103 cm³/mol. The fraction of sp³-hybridized carbons (Fsp3) is 0.235. The van der Waals surface area contributed by atoms with Crippen LogP contribution in [0.25, 0.3) is 0 Å². The lowest BCUT2D eigenvalue weighted by atomic mass is 10.0. The van der Waals surface area contributed by atoms with E-state index in [9.17, 15) is 0 Å². The fourth-order valence-corrected chi connectivity index (χ4v) is 2.78. The first kappa shape index (κ1) is 17.3. The molecule has 1 atom stereocenters. The molecule has 0 aromatic heterocycles. The maximum atomic E-state index is 6.08. The minimum atomic E-state index is 0.130. The van der Waals surface area contributed by atoms with E-state index in [4.69, 9.17) is 23.8 Å². The first-order valence-electron chi connectivity index (χ1n) is 6.96. The Labute approximate surface area is 150 Å². The van der Waals surface area contributed by atoms with Crippen LogP contribution < -0.4 is 10.6 Å². The third kappa shape index (κ3) is 4.45. The smallest absolute Gasteiger partial charge is 0.171 e. The zero-order valence-electron chi connectivity index (χ0n) is 12.7. The molecule has 2 nitrogen and oxygen atoms in total. The Hall–Kier alpha value is -1.10. The van der Waals surface area contributed by atoms with Crippen LogP contribution in [0.1, 0.15) is 29.7 Å². The highest BCUT2D eigenvalue weighted by atomic mass is 79.9. The molecule has 0 spiro atoms. The topological polar surface area (TPSA) is 24.1 Å². The molecule has 0 aliphatic rings. The molecule has 0 saturated heterocycles. The SMILES string of the molecule is Cc1ccc(C(C)NC(=S)Nc2ccc(Br)c(Cl)c2)cc1C. The van der Waals surface area contributed by atoms with Gasteiger partial charge in [-0.15, -0.1) is 0 Å². The summed E-state index contributed by atoms with van der Waals surface area (Å²) in [6.45, 7) is 6.32. The van der Waals surface area contributed by atoms with Crippen molar-refractivity contribution in [2.75, 3.05) is 5.32 Å². The molecule has 0 aliphatic carbocycles. The quantitative estimate of drug-likeness (QED) is 0.643. The average Bonchev–Trinajstić information content (AvgIpc) is 2.45. The number of rotatable bonds is 3. The van der Waals surface area contributed by atoms with E-state index in [1.807, 2.05) is 18.2 Å². The van der Waals surface area contributed by atoms with Crippen LogP contribution in [0.3, 0.4) is 0 Å². The summed E-state index contributed by atoms with van der Waals surface area (Å²) in [7, 11) is 0. The third-order valence-corrected chi connectivity index (χ3v) is 5.01. The van der Waals surface area contributed by atoms with Crippen LogP contribution in [-0.4, -0.2) is 5.11 Å². The Kier molecular flexibility index (Phi) is 5.84. The van der Waals surface area contributed by atoms with Crippen molar-refractivity contribution in [3.05, 3.63) is 62.6 Å². The Morgan fingerprint density at radius 3 is 2.50 bits per heavy atom. The van der Waals surface area contributed by atoms with Gasteiger partial charge in [0, 0.05) is 10.2 Å². The predicted octanol–water partition coefficient (Wildman–Crippen LogP) is 5.77. The zero-order valence-corrected chi connectivity index (χ0v) is 15.9. The van der Waals surface area contributed by atoms with E-state index in [1.165, 1.54) is 16.7 Å². The van der Waals surface area contributed by atoms with Gasteiger partial charge in [0.15, 0.2) is 5.11 Å². The van der Waals surface area contributed by atoms with Crippen molar-refractivity contribution < 1.29 is 0 Å². The molecule has 116 valence electrons. The van der Waals surface area contributed by atoms with Crippen molar-refractivity contribution in [2.24, 2.45) is 0 Å². The van der Waals surface area contributed by atoms with Crippen LogP contribution in [0.5, 0.6) is 0 Å². The van der Waals surface area contributed by atoms with Crippen LogP contribution in [0.15, 0.2) is 40.9 Å². The van der Waals surface area contributed by atoms with Crippen molar-refractivity contribution in [3.63, 3.8) is 0 Å². The first-order chi connectivity index (χ1) is 10.4. The zero-order chi connectivity index (χ0) is 16.3. The molecule has 2 N–H and O–H groups in total. The van der Waals surface area contributed by atoms with Crippen LogP contribution in [0, 0.1) is 13.8 Å². The molecule has 2 rings (SSSR count). The number of halogens is 2. The van der Waals surface area contributed by atoms with Gasteiger partial charge >= 0.3 is 0 Å². The molecule has 1 unspecified atom stereocenters. The van der Waals surface area contributed by atoms with Crippen LogP contribution in [0.2, 0.25) is 5.02 Å².